The number of aromatic nitrogens is 2. The highest BCUT2D eigenvalue weighted by Gasteiger charge is 2.30. The van der Waals surface area contributed by atoms with Gasteiger partial charge >= 0.3 is 0 Å². The van der Waals surface area contributed by atoms with Gasteiger partial charge in [-0.25, -0.2) is 14.4 Å². The van der Waals surface area contributed by atoms with Gasteiger partial charge in [0.2, 0.25) is 5.69 Å². The lowest BCUT2D eigenvalue weighted by Gasteiger charge is -2.28. The van der Waals surface area contributed by atoms with Crippen LogP contribution in [0.5, 0.6) is 0 Å². The minimum atomic E-state index is -0.202. The molecule has 2 heterocycles. The van der Waals surface area contributed by atoms with E-state index in [-0.39, 0.29) is 22.1 Å². The molecule has 0 radical (unpaired) electrons. The molecular weight excluding hydrogens is 459 g/mol. The fourth-order valence-corrected chi connectivity index (χ4v) is 5.26. The maximum atomic E-state index is 15.8. The van der Waals surface area contributed by atoms with E-state index in [1.807, 2.05) is 14.0 Å². The first-order chi connectivity index (χ1) is 16.9. The van der Waals surface area contributed by atoms with Gasteiger partial charge in [-0.1, -0.05) is 74.8 Å². The molecule has 37 heavy (non-hydrogen) atoms. The fourth-order valence-electron chi connectivity index (χ4n) is 5.26. The Labute approximate surface area is 224 Å². The number of hydrogen-bond acceptors (Lipinski definition) is 2. The molecule has 3 rings (SSSR count). The van der Waals surface area contributed by atoms with Crippen LogP contribution in [0.1, 0.15) is 106 Å². The molecule has 0 atom stereocenters. The molecule has 0 N–H and O–H groups in total. The van der Waals surface area contributed by atoms with Gasteiger partial charge in [-0.2, -0.15) is 4.68 Å². The van der Waals surface area contributed by atoms with Gasteiger partial charge in [0.05, 0.1) is 18.3 Å². The highest BCUT2D eigenvalue weighted by atomic mass is 19.1. The van der Waals surface area contributed by atoms with Crippen molar-refractivity contribution in [2.45, 2.75) is 101 Å². The molecule has 2 aromatic rings. The number of benzene rings is 1. The highest BCUT2D eigenvalue weighted by Crippen LogP contribution is 2.36. The van der Waals surface area contributed by atoms with E-state index in [1.54, 1.807) is 6.07 Å². The van der Waals surface area contributed by atoms with Gasteiger partial charge in [0.15, 0.2) is 12.9 Å². The van der Waals surface area contributed by atoms with E-state index >= 15 is 4.39 Å². The van der Waals surface area contributed by atoms with Crippen LogP contribution < -0.4 is 4.68 Å². The topological polar surface area (TPSA) is 33.5 Å². The second-order valence-corrected chi connectivity index (χ2v) is 13.7. The number of aliphatic imine (C=N–C) groups is 2. The standard InChI is InChI=1S/C32H48FN4/c1-14-22-23(25-19-27(31(6,7)8)37(13)36(25)12)17-21(18-24(22)33)29-34-26(30(3,4)5)16-15-20(2)28(35-29)32(9,10)11/h17-19H,14-16H2,1-13H3/q+1. The van der Waals surface area contributed by atoms with Gasteiger partial charge in [-0.15, -0.1) is 4.68 Å². The zero-order chi connectivity index (χ0) is 28.1. The van der Waals surface area contributed by atoms with E-state index in [4.69, 9.17) is 9.98 Å². The Kier molecular flexibility index (Phi) is 7.81. The van der Waals surface area contributed by atoms with Gasteiger partial charge < -0.3 is 0 Å². The number of halogens is 1. The summed E-state index contributed by atoms with van der Waals surface area (Å²) in [4.78, 5) is 10.3. The Morgan fingerprint density at radius 1 is 0.892 bits per heavy atom. The first-order valence-corrected chi connectivity index (χ1v) is 13.6. The molecule has 0 unspecified atom stereocenters. The van der Waals surface area contributed by atoms with Crippen LogP contribution in [0.4, 0.5) is 4.39 Å². The smallest absolute Gasteiger partial charge is 0.237 e. The van der Waals surface area contributed by atoms with Crippen LogP contribution in [0.15, 0.2) is 39.5 Å². The Balaban J connectivity index is 2.37. The number of rotatable bonds is 3. The van der Waals surface area contributed by atoms with Crippen LogP contribution in [0.3, 0.4) is 0 Å². The quantitative estimate of drug-likeness (QED) is 0.379. The lowest BCUT2D eigenvalue weighted by Crippen LogP contribution is -2.41. The zero-order valence-electron chi connectivity index (χ0n) is 25.5. The summed E-state index contributed by atoms with van der Waals surface area (Å²) in [5.41, 5.74) is 7.69. The van der Waals surface area contributed by atoms with Crippen LogP contribution in [0.25, 0.3) is 11.3 Å². The molecule has 5 heteroatoms. The van der Waals surface area contributed by atoms with Gasteiger partial charge in [-0.3, -0.25) is 0 Å². The van der Waals surface area contributed by atoms with Crippen molar-refractivity contribution in [2.75, 3.05) is 0 Å². The molecule has 0 spiro atoms. The van der Waals surface area contributed by atoms with E-state index < -0.39 is 0 Å². The Morgan fingerprint density at radius 3 is 2.00 bits per heavy atom. The van der Waals surface area contributed by atoms with E-state index in [0.29, 0.717) is 12.3 Å². The van der Waals surface area contributed by atoms with Crippen molar-refractivity contribution in [1.82, 2.24) is 4.68 Å². The summed E-state index contributed by atoms with van der Waals surface area (Å²) in [7, 11) is 4.11. The van der Waals surface area contributed by atoms with Crippen molar-refractivity contribution in [1.29, 1.82) is 0 Å². The molecule has 0 saturated heterocycles. The summed E-state index contributed by atoms with van der Waals surface area (Å²) in [6, 6.07) is 5.94. The van der Waals surface area contributed by atoms with Crippen molar-refractivity contribution in [3.05, 3.63) is 52.1 Å². The molecule has 1 aliphatic rings. The maximum absolute atomic E-state index is 15.8. The average molecular weight is 508 g/mol. The Hall–Kier alpha value is -2.56. The van der Waals surface area contributed by atoms with E-state index in [2.05, 4.69) is 97.8 Å². The summed E-state index contributed by atoms with van der Waals surface area (Å²) in [5, 5.41) is 0. The Bertz CT molecular complexity index is 1280. The first kappa shape index (κ1) is 29.0. The zero-order valence-corrected chi connectivity index (χ0v) is 25.5. The van der Waals surface area contributed by atoms with Crippen molar-refractivity contribution < 1.29 is 9.07 Å². The maximum Gasteiger partial charge on any atom is 0.238 e. The lowest BCUT2D eigenvalue weighted by molar-refractivity contribution is -0.742. The van der Waals surface area contributed by atoms with Crippen molar-refractivity contribution in [2.24, 2.45) is 34.9 Å². The molecule has 0 bridgehead atoms. The van der Waals surface area contributed by atoms with Crippen LogP contribution in [0, 0.1) is 16.6 Å². The summed E-state index contributed by atoms with van der Waals surface area (Å²) < 4.78 is 20.1. The average Bonchev–Trinajstić information content (AvgIpc) is 3.03. The monoisotopic (exact) mass is 507 g/mol. The number of hydrogen-bond donors (Lipinski definition) is 0. The number of amidine groups is 1. The minimum Gasteiger partial charge on any atom is -0.237 e. The second-order valence-electron chi connectivity index (χ2n) is 13.7. The molecule has 0 amide bonds. The highest BCUT2D eigenvalue weighted by molar-refractivity contribution is 6.09. The third-order valence-electron chi connectivity index (χ3n) is 7.45. The predicted molar refractivity (Wildman–Crippen MR) is 155 cm³/mol. The van der Waals surface area contributed by atoms with Crippen LogP contribution >= 0.6 is 0 Å². The molecule has 0 saturated carbocycles. The van der Waals surface area contributed by atoms with Crippen LogP contribution in [-0.2, 0) is 25.9 Å². The van der Waals surface area contributed by atoms with Crippen LogP contribution in [0.2, 0.25) is 0 Å². The van der Waals surface area contributed by atoms with Gasteiger partial charge in [0.1, 0.15) is 5.82 Å². The summed E-state index contributed by atoms with van der Waals surface area (Å²) >= 11 is 0. The normalized spacial score (nSPS) is 15.9. The summed E-state index contributed by atoms with van der Waals surface area (Å²) in [6.45, 7) is 24.0. The molecule has 1 aromatic carbocycles. The second kappa shape index (κ2) is 9.96. The molecule has 4 nitrogen and oxygen atoms in total. The van der Waals surface area contributed by atoms with E-state index in [1.165, 1.54) is 11.3 Å². The lowest BCUT2D eigenvalue weighted by atomic mass is 9.83. The summed E-state index contributed by atoms with van der Waals surface area (Å²) in [6.07, 6.45) is 2.42. The molecule has 1 aliphatic heterocycles. The Morgan fingerprint density at radius 2 is 1.51 bits per heavy atom. The molecule has 0 fully saturated rings. The van der Waals surface area contributed by atoms with E-state index in [9.17, 15) is 0 Å². The van der Waals surface area contributed by atoms with Crippen molar-refractivity contribution in [3.8, 4) is 11.3 Å². The van der Waals surface area contributed by atoms with Crippen LogP contribution in [-0.4, -0.2) is 16.2 Å². The molecule has 0 aliphatic carbocycles. The van der Waals surface area contributed by atoms with Crippen molar-refractivity contribution >= 4 is 11.5 Å². The fraction of sp³-hybridized carbons (Fsp3) is 0.594. The first-order valence-electron chi connectivity index (χ1n) is 13.6. The molecule has 1 aromatic heterocycles. The summed E-state index contributed by atoms with van der Waals surface area (Å²) in [5.74, 6) is 0.401. The molecule has 202 valence electrons. The van der Waals surface area contributed by atoms with Gasteiger partial charge in [-0.05, 0) is 38.3 Å². The minimum absolute atomic E-state index is 0.0350. The van der Waals surface area contributed by atoms with Crippen molar-refractivity contribution in [3.63, 3.8) is 0 Å². The van der Waals surface area contributed by atoms with Gasteiger partial charge in [0.25, 0.3) is 0 Å². The number of allylic oxidation sites excluding steroid dienone is 2. The molecular formula is C32H48FN4+. The third kappa shape index (κ3) is 5.97. The predicted octanol–water partition coefficient (Wildman–Crippen LogP) is 7.86. The third-order valence-corrected chi connectivity index (χ3v) is 7.45. The SMILES string of the molecule is CCc1c(F)cc(C2=NC(C(C)(C)C)=C(C)CCC(C(C)(C)C)=N2)cc1-c1cc(C(C)(C)C)n(C)[n+]1C. The van der Waals surface area contributed by atoms with E-state index in [0.717, 1.165) is 46.6 Å². The number of nitrogens with zero attached hydrogens (tertiary/aromatic N) is 4. The largest absolute Gasteiger partial charge is 0.238 e. The van der Waals surface area contributed by atoms with Gasteiger partial charge in [0, 0.05) is 44.8 Å².